The number of rotatable bonds is 3. The number of carbonyl (C=O) groups excluding carboxylic acids is 1. The van der Waals surface area contributed by atoms with Gasteiger partial charge in [-0.25, -0.2) is 0 Å². The maximum Gasteiger partial charge on any atom is 0.302 e. The number of esters is 1. The van der Waals surface area contributed by atoms with Gasteiger partial charge in [-0.3, -0.25) is 4.79 Å². The van der Waals surface area contributed by atoms with Crippen LogP contribution in [0.25, 0.3) is 0 Å². The molecule has 0 aromatic heterocycles. The van der Waals surface area contributed by atoms with Crippen molar-refractivity contribution in [2.24, 2.45) is 46.3 Å². The van der Waals surface area contributed by atoms with Crippen LogP contribution < -0.4 is 0 Å². The molecule has 0 bridgehead atoms. The van der Waals surface area contributed by atoms with E-state index in [1.54, 1.807) is 12.5 Å². The SMILES string of the molecule is CC(=O)OC1CCC2(C)C(=CCC3C2CCC2(C)C3CC(Br)C2C(C)C2CCC(C)CN2C#N)C1. The Labute approximate surface area is 221 Å². The molecule has 1 heterocycles. The number of piperidine rings is 1. The predicted molar refractivity (Wildman–Crippen MR) is 143 cm³/mol. The first-order valence-corrected chi connectivity index (χ1v) is 15.2. The zero-order valence-electron chi connectivity index (χ0n) is 22.4. The number of alkyl halides is 1. The maximum absolute atomic E-state index is 11.6. The zero-order chi connectivity index (χ0) is 25.1. The largest absolute Gasteiger partial charge is 0.462 e. The Morgan fingerprint density at radius 2 is 2.00 bits per heavy atom. The number of fused-ring (bicyclic) bond motifs is 5. The van der Waals surface area contributed by atoms with Crippen LogP contribution in [0, 0.1) is 57.8 Å². The second kappa shape index (κ2) is 9.38. The third-order valence-electron chi connectivity index (χ3n) is 11.6. The number of halogens is 1. The third kappa shape index (κ3) is 4.18. The smallest absolute Gasteiger partial charge is 0.302 e. The Kier molecular flexibility index (Phi) is 6.86. The first kappa shape index (κ1) is 25.6. The fraction of sp³-hybridized carbons (Fsp3) is 0.867. The van der Waals surface area contributed by atoms with Crippen molar-refractivity contribution in [1.29, 1.82) is 5.26 Å². The van der Waals surface area contributed by atoms with Crippen LogP contribution in [0.4, 0.5) is 0 Å². The summed E-state index contributed by atoms with van der Waals surface area (Å²) in [4.78, 5) is 14.2. The molecule has 4 nitrogen and oxygen atoms in total. The Balaban J connectivity index is 1.37. The second-order valence-electron chi connectivity index (χ2n) is 13.4. The summed E-state index contributed by atoms with van der Waals surface area (Å²) in [6.45, 7) is 12.3. The lowest BCUT2D eigenvalue weighted by Crippen LogP contribution is -2.53. The molecule has 0 radical (unpaired) electrons. The van der Waals surface area contributed by atoms with Gasteiger partial charge in [0.15, 0.2) is 6.19 Å². The molecule has 4 aliphatic carbocycles. The molecule has 11 atom stereocenters. The van der Waals surface area contributed by atoms with Crippen molar-refractivity contribution in [2.45, 2.75) is 109 Å². The average Bonchev–Trinajstić information content (AvgIpc) is 3.08. The quantitative estimate of drug-likeness (QED) is 0.165. The van der Waals surface area contributed by atoms with E-state index < -0.39 is 0 Å². The van der Waals surface area contributed by atoms with E-state index in [0.29, 0.717) is 34.0 Å². The number of nitrogens with zero attached hydrogens (tertiary/aromatic N) is 2. The van der Waals surface area contributed by atoms with Gasteiger partial charge in [0.25, 0.3) is 0 Å². The molecule has 1 aliphatic heterocycles. The minimum absolute atomic E-state index is 0.0714. The maximum atomic E-state index is 11.6. The summed E-state index contributed by atoms with van der Waals surface area (Å²) in [5, 5.41) is 9.92. The van der Waals surface area contributed by atoms with Gasteiger partial charge in [0.1, 0.15) is 6.10 Å². The summed E-state index contributed by atoms with van der Waals surface area (Å²) in [5.74, 6) is 3.89. The first-order chi connectivity index (χ1) is 16.6. The molecule has 0 aromatic rings. The number of carbonyl (C=O) groups is 1. The van der Waals surface area contributed by atoms with Crippen LogP contribution in [0.15, 0.2) is 11.6 Å². The number of hydrogen-bond donors (Lipinski definition) is 0. The third-order valence-corrected chi connectivity index (χ3v) is 12.6. The van der Waals surface area contributed by atoms with E-state index in [0.717, 1.165) is 50.0 Å². The normalized spacial score (nSPS) is 48.0. The highest BCUT2D eigenvalue weighted by atomic mass is 79.9. The zero-order valence-corrected chi connectivity index (χ0v) is 24.0. The van der Waals surface area contributed by atoms with Crippen molar-refractivity contribution in [3.05, 3.63) is 11.6 Å². The molecule has 5 heteroatoms. The van der Waals surface area contributed by atoms with E-state index in [1.165, 1.54) is 32.1 Å². The standard InChI is InChI=1S/C30H45BrN2O2/c1-18-6-9-27(33(16-18)17-32)19(2)28-26(31)15-25-23-8-7-21-14-22(35-20(3)34)10-12-29(21,4)24(23)11-13-30(25,28)5/h7,18-19,22-28H,6,8-16H2,1-5H3. The highest BCUT2D eigenvalue weighted by Crippen LogP contribution is 2.68. The molecule has 3 saturated carbocycles. The molecular weight excluding hydrogens is 500 g/mol. The van der Waals surface area contributed by atoms with Crippen molar-refractivity contribution in [3.8, 4) is 6.19 Å². The average molecular weight is 546 g/mol. The number of hydrogen-bond acceptors (Lipinski definition) is 4. The van der Waals surface area contributed by atoms with Gasteiger partial charge in [-0.15, -0.1) is 0 Å². The predicted octanol–water partition coefficient (Wildman–Crippen LogP) is 7.09. The molecular formula is C30H45BrN2O2. The Morgan fingerprint density at radius 3 is 2.71 bits per heavy atom. The second-order valence-corrected chi connectivity index (χ2v) is 14.6. The molecule has 4 fully saturated rings. The number of likely N-dealkylation sites (tertiary alicyclic amines) is 1. The fourth-order valence-corrected chi connectivity index (χ4v) is 11.5. The molecule has 0 spiro atoms. The summed E-state index contributed by atoms with van der Waals surface area (Å²) < 4.78 is 5.63. The van der Waals surface area contributed by atoms with Crippen LogP contribution in [0.5, 0.6) is 0 Å². The van der Waals surface area contributed by atoms with Crippen molar-refractivity contribution in [1.82, 2.24) is 4.90 Å². The Hall–Kier alpha value is -1.02. The number of ether oxygens (including phenoxy) is 1. The van der Waals surface area contributed by atoms with Gasteiger partial charge < -0.3 is 9.64 Å². The highest BCUT2D eigenvalue weighted by molar-refractivity contribution is 9.09. The summed E-state index contributed by atoms with van der Waals surface area (Å²) in [6, 6.07) is 0.390. The minimum atomic E-state index is -0.141. The van der Waals surface area contributed by atoms with Crippen molar-refractivity contribution in [2.75, 3.05) is 6.54 Å². The lowest BCUT2D eigenvalue weighted by Gasteiger charge is -2.58. The van der Waals surface area contributed by atoms with E-state index in [4.69, 9.17) is 4.74 Å². The van der Waals surface area contributed by atoms with Crippen molar-refractivity contribution in [3.63, 3.8) is 0 Å². The Morgan fingerprint density at radius 1 is 1.23 bits per heavy atom. The van der Waals surface area contributed by atoms with Crippen LogP contribution in [0.3, 0.4) is 0 Å². The summed E-state index contributed by atoms with van der Waals surface area (Å²) >= 11 is 4.22. The molecule has 5 aliphatic rings. The van der Waals surface area contributed by atoms with E-state index in [9.17, 15) is 10.1 Å². The summed E-state index contributed by atoms with van der Waals surface area (Å²) in [5.41, 5.74) is 2.18. The minimum Gasteiger partial charge on any atom is -0.462 e. The molecule has 5 rings (SSSR count). The fourth-order valence-electron chi connectivity index (χ4n) is 9.98. The lowest BCUT2D eigenvalue weighted by atomic mass is 9.47. The van der Waals surface area contributed by atoms with Crippen LogP contribution in [-0.4, -0.2) is 34.4 Å². The van der Waals surface area contributed by atoms with Gasteiger partial charge in [-0.2, -0.15) is 5.26 Å². The summed E-state index contributed by atoms with van der Waals surface area (Å²) in [6.07, 6.45) is 15.8. The topological polar surface area (TPSA) is 53.3 Å². The lowest BCUT2D eigenvalue weighted by molar-refractivity contribution is -0.148. The van der Waals surface area contributed by atoms with E-state index in [1.807, 2.05) is 0 Å². The van der Waals surface area contributed by atoms with Gasteiger partial charge in [-0.05, 0) is 97.7 Å². The van der Waals surface area contributed by atoms with Crippen LogP contribution in [0.1, 0.15) is 92.4 Å². The molecule has 194 valence electrons. The van der Waals surface area contributed by atoms with Gasteiger partial charge in [0, 0.05) is 30.8 Å². The van der Waals surface area contributed by atoms with Gasteiger partial charge >= 0.3 is 5.97 Å². The molecule has 0 amide bonds. The van der Waals surface area contributed by atoms with Crippen LogP contribution in [0.2, 0.25) is 0 Å². The molecule has 35 heavy (non-hydrogen) atoms. The van der Waals surface area contributed by atoms with Gasteiger partial charge in [0.2, 0.25) is 0 Å². The van der Waals surface area contributed by atoms with E-state index in [2.05, 4.69) is 60.8 Å². The number of allylic oxidation sites excluding steroid dienone is 1. The molecule has 1 saturated heterocycles. The van der Waals surface area contributed by atoms with E-state index in [-0.39, 0.29) is 17.5 Å². The number of nitriles is 1. The van der Waals surface area contributed by atoms with Crippen molar-refractivity contribution >= 4 is 21.9 Å². The van der Waals surface area contributed by atoms with Gasteiger partial charge in [-0.1, -0.05) is 55.3 Å². The van der Waals surface area contributed by atoms with Gasteiger partial charge in [0.05, 0.1) is 0 Å². The molecule has 0 N–H and O–H groups in total. The monoisotopic (exact) mass is 544 g/mol. The van der Waals surface area contributed by atoms with Crippen LogP contribution >= 0.6 is 15.9 Å². The highest BCUT2D eigenvalue weighted by Gasteiger charge is 2.62. The molecule has 11 unspecified atom stereocenters. The molecule has 0 aromatic carbocycles. The first-order valence-electron chi connectivity index (χ1n) is 14.3. The Bertz CT molecular complexity index is 913. The summed E-state index contributed by atoms with van der Waals surface area (Å²) in [7, 11) is 0. The van der Waals surface area contributed by atoms with Crippen molar-refractivity contribution < 1.29 is 9.53 Å². The van der Waals surface area contributed by atoms with E-state index >= 15 is 0 Å². The van der Waals surface area contributed by atoms with Crippen LogP contribution in [-0.2, 0) is 9.53 Å².